The Morgan fingerprint density at radius 3 is 2.62 bits per heavy atom. The van der Waals surface area contributed by atoms with Gasteiger partial charge in [-0.05, 0) is 24.5 Å². The maximum Gasteiger partial charge on any atom is 0.412 e. The van der Waals surface area contributed by atoms with Gasteiger partial charge < -0.3 is 25.5 Å². The summed E-state index contributed by atoms with van der Waals surface area (Å²) in [5.74, 6) is -0.450. The highest BCUT2D eigenvalue weighted by molar-refractivity contribution is 6.12. The molecular weight excluding hydrogens is 415 g/mol. The number of carbonyl (C=O) groups excluding carboxylic acids is 1. The number of nitrogens with two attached hydrogens (primary N) is 1. The molecule has 1 saturated carbocycles. The highest BCUT2D eigenvalue weighted by atomic mass is 19.1. The average Bonchev–Trinajstić information content (AvgIpc) is 3.52. The second-order valence-corrected chi connectivity index (χ2v) is 7.80. The zero-order valence-electron chi connectivity index (χ0n) is 17.5. The Morgan fingerprint density at radius 1 is 1.25 bits per heavy atom. The number of hydrogen-bond acceptors (Lipinski definition) is 7. The quantitative estimate of drug-likeness (QED) is 0.439. The summed E-state index contributed by atoms with van der Waals surface area (Å²) in [6, 6.07) is 2.84. The number of amides is 1. The third-order valence-electron chi connectivity index (χ3n) is 5.96. The van der Waals surface area contributed by atoms with Crippen LogP contribution in [0.5, 0.6) is 11.8 Å². The van der Waals surface area contributed by atoms with Gasteiger partial charge in [0.15, 0.2) is 5.75 Å². The van der Waals surface area contributed by atoms with E-state index in [1.54, 1.807) is 18.6 Å². The predicted octanol–water partition coefficient (Wildman–Crippen LogP) is 3.03. The number of pyridine rings is 1. The molecule has 0 spiro atoms. The highest BCUT2D eigenvalue weighted by Crippen LogP contribution is 2.54. The van der Waals surface area contributed by atoms with Crippen LogP contribution in [0.4, 0.5) is 9.18 Å². The Morgan fingerprint density at radius 2 is 2.00 bits per heavy atom. The number of methoxy groups -OCH3 is 1. The van der Waals surface area contributed by atoms with Crippen LogP contribution in [0.25, 0.3) is 33.1 Å². The molecule has 3 aromatic heterocycles. The van der Waals surface area contributed by atoms with E-state index in [4.69, 9.17) is 15.2 Å². The zero-order valence-corrected chi connectivity index (χ0v) is 17.5. The first kappa shape index (κ1) is 20.1. The fourth-order valence-corrected chi connectivity index (χ4v) is 4.16. The SMILES string of the molecule is CNC(=O)Oc1cc(F)cc2c1[nH]c1ncc(-c3cnc(OC)nc3)c(C3(CN)CC3)c12. The van der Waals surface area contributed by atoms with Crippen molar-refractivity contribution in [3.63, 3.8) is 0 Å². The van der Waals surface area contributed by atoms with Crippen molar-refractivity contribution in [2.75, 3.05) is 20.7 Å². The van der Waals surface area contributed by atoms with Crippen molar-refractivity contribution in [2.45, 2.75) is 18.3 Å². The first-order valence-corrected chi connectivity index (χ1v) is 10.1. The second kappa shape index (κ2) is 7.41. The van der Waals surface area contributed by atoms with Gasteiger partial charge in [-0.2, -0.15) is 0 Å². The molecule has 1 aliphatic carbocycles. The van der Waals surface area contributed by atoms with Gasteiger partial charge in [-0.25, -0.2) is 24.1 Å². The van der Waals surface area contributed by atoms with E-state index in [1.165, 1.54) is 26.3 Å². The standard InChI is InChI=1S/C22H21FN6O3/c1-25-21(30)32-15-6-12(23)5-13-16-17(22(10-24)3-4-22)14(9-26-19(16)29-18(13)15)11-7-27-20(31-2)28-8-11/h5-9H,3-4,10,24H2,1-2H3,(H,25,30)(H,26,29). The van der Waals surface area contributed by atoms with Crippen LogP contribution < -0.4 is 20.5 Å². The first-order valence-electron chi connectivity index (χ1n) is 10.1. The summed E-state index contributed by atoms with van der Waals surface area (Å²) in [5, 5.41) is 3.69. The number of hydrogen-bond donors (Lipinski definition) is 3. The summed E-state index contributed by atoms with van der Waals surface area (Å²) < 4.78 is 24.9. The van der Waals surface area contributed by atoms with Crippen molar-refractivity contribution in [1.29, 1.82) is 0 Å². The van der Waals surface area contributed by atoms with Crippen molar-refractivity contribution in [2.24, 2.45) is 5.73 Å². The topological polar surface area (TPSA) is 128 Å². The Labute approximate surface area is 182 Å². The molecule has 164 valence electrons. The van der Waals surface area contributed by atoms with Crippen LogP contribution in [0.15, 0.2) is 30.7 Å². The largest absolute Gasteiger partial charge is 0.467 e. The molecule has 4 aromatic rings. The molecule has 1 aromatic carbocycles. The molecule has 5 rings (SSSR count). The van der Waals surface area contributed by atoms with E-state index in [2.05, 4.69) is 25.3 Å². The molecular formula is C22H21FN6O3. The van der Waals surface area contributed by atoms with Crippen LogP contribution in [0.3, 0.4) is 0 Å². The molecule has 1 fully saturated rings. The van der Waals surface area contributed by atoms with Gasteiger partial charge in [0.25, 0.3) is 0 Å². The van der Waals surface area contributed by atoms with Gasteiger partial charge >= 0.3 is 12.1 Å². The molecule has 9 nitrogen and oxygen atoms in total. The average molecular weight is 436 g/mol. The van der Waals surface area contributed by atoms with E-state index in [9.17, 15) is 9.18 Å². The summed E-state index contributed by atoms with van der Waals surface area (Å²) in [4.78, 5) is 28.0. The first-order chi connectivity index (χ1) is 15.5. The lowest BCUT2D eigenvalue weighted by molar-refractivity contribution is 0.203. The monoisotopic (exact) mass is 436 g/mol. The summed E-state index contributed by atoms with van der Waals surface area (Å²) in [6.07, 6.45) is 6.18. The third-order valence-corrected chi connectivity index (χ3v) is 5.96. The number of rotatable bonds is 5. The van der Waals surface area contributed by atoms with Gasteiger partial charge in [0, 0.05) is 65.6 Å². The van der Waals surface area contributed by atoms with Crippen molar-refractivity contribution >= 4 is 28.0 Å². The maximum absolute atomic E-state index is 14.6. The second-order valence-electron chi connectivity index (χ2n) is 7.80. The fraction of sp³-hybridized carbons (Fsp3) is 0.273. The van der Waals surface area contributed by atoms with E-state index in [1.807, 2.05) is 0 Å². The smallest absolute Gasteiger partial charge is 0.412 e. The number of nitrogens with one attached hydrogen (secondary N) is 2. The summed E-state index contributed by atoms with van der Waals surface area (Å²) in [7, 11) is 2.94. The minimum Gasteiger partial charge on any atom is -0.467 e. The van der Waals surface area contributed by atoms with Crippen LogP contribution in [0.1, 0.15) is 18.4 Å². The van der Waals surface area contributed by atoms with E-state index in [-0.39, 0.29) is 17.2 Å². The third kappa shape index (κ3) is 3.11. The van der Waals surface area contributed by atoms with Crippen LogP contribution in [-0.2, 0) is 5.41 Å². The molecule has 0 unspecified atom stereocenters. The van der Waals surface area contributed by atoms with Crippen LogP contribution in [-0.4, -0.2) is 46.7 Å². The van der Waals surface area contributed by atoms with Crippen LogP contribution >= 0.6 is 0 Å². The maximum atomic E-state index is 14.6. The molecule has 0 atom stereocenters. The molecule has 1 aliphatic rings. The Bertz CT molecular complexity index is 1350. The Kier molecular flexibility index (Phi) is 4.66. The zero-order chi connectivity index (χ0) is 22.5. The number of carbonyl (C=O) groups is 1. The van der Waals surface area contributed by atoms with Crippen LogP contribution in [0.2, 0.25) is 0 Å². The molecule has 32 heavy (non-hydrogen) atoms. The van der Waals surface area contributed by atoms with Gasteiger partial charge in [-0.3, -0.25) is 0 Å². The molecule has 0 saturated heterocycles. The summed E-state index contributed by atoms with van der Waals surface area (Å²) in [6.45, 7) is 0.430. The minimum atomic E-state index is -0.694. The van der Waals surface area contributed by atoms with Crippen molar-refractivity contribution in [1.82, 2.24) is 25.3 Å². The van der Waals surface area contributed by atoms with E-state index in [0.717, 1.165) is 34.9 Å². The molecule has 0 radical (unpaired) electrons. The molecule has 0 aliphatic heterocycles. The molecule has 10 heteroatoms. The number of aromatic nitrogens is 4. The van der Waals surface area contributed by atoms with Crippen molar-refractivity contribution in [3.05, 3.63) is 42.1 Å². The summed E-state index contributed by atoms with van der Waals surface area (Å²) in [5.41, 5.74) is 9.51. The lowest BCUT2D eigenvalue weighted by atomic mass is 9.87. The lowest BCUT2D eigenvalue weighted by Gasteiger charge is -2.19. The van der Waals surface area contributed by atoms with Crippen molar-refractivity contribution < 1.29 is 18.7 Å². The number of halogens is 1. The Hall–Kier alpha value is -3.79. The normalized spacial score (nSPS) is 14.5. The summed E-state index contributed by atoms with van der Waals surface area (Å²) >= 11 is 0. The van der Waals surface area contributed by atoms with Crippen LogP contribution in [0, 0.1) is 5.82 Å². The number of H-pyrrole nitrogens is 1. The number of fused-ring (bicyclic) bond motifs is 3. The van der Waals surface area contributed by atoms with E-state index >= 15 is 0 Å². The molecule has 4 N–H and O–H groups in total. The number of nitrogens with zero attached hydrogens (tertiary/aromatic N) is 3. The fourth-order valence-electron chi connectivity index (χ4n) is 4.16. The van der Waals surface area contributed by atoms with Gasteiger partial charge in [-0.15, -0.1) is 0 Å². The molecule has 3 heterocycles. The molecule has 0 bridgehead atoms. The predicted molar refractivity (Wildman–Crippen MR) is 116 cm³/mol. The lowest BCUT2D eigenvalue weighted by Crippen LogP contribution is -2.22. The van der Waals surface area contributed by atoms with E-state index in [0.29, 0.717) is 23.1 Å². The van der Waals surface area contributed by atoms with Gasteiger partial charge in [0.05, 0.1) is 12.6 Å². The number of aromatic amines is 1. The van der Waals surface area contributed by atoms with E-state index < -0.39 is 11.9 Å². The van der Waals surface area contributed by atoms with Gasteiger partial charge in [-0.1, -0.05) is 0 Å². The Balaban J connectivity index is 1.82. The number of benzene rings is 1. The van der Waals surface area contributed by atoms with Gasteiger partial charge in [0.1, 0.15) is 11.5 Å². The minimum absolute atomic E-state index is 0.0789. The number of ether oxygens (including phenoxy) is 2. The highest BCUT2D eigenvalue weighted by Gasteiger charge is 2.46. The van der Waals surface area contributed by atoms with Gasteiger partial charge in [0.2, 0.25) is 0 Å². The molecule has 1 amide bonds. The van der Waals surface area contributed by atoms with Crippen molar-refractivity contribution in [3.8, 4) is 22.9 Å².